The van der Waals surface area contributed by atoms with E-state index in [2.05, 4.69) is 167 Å². The van der Waals surface area contributed by atoms with Crippen molar-refractivity contribution in [2.45, 2.75) is 131 Å². The van der Waals surface area contributed by atoms with Crippen molar-refractivity contribution in [3.8, 4) is 78.6 Å². The molecular formula is C68H72N3OPt-. The molecule has 0 atom stereocenters. The van der Waals surface area contributed by atoms with Gasteiger partial charge in [-0.05, 0) is 102 Å². The molecule has 9 aromatic rings. The van der Waals surface area contributed by atoms with Gasteiger partial charge in [-0.2, -0.15) is 0 Å². The summed E-state index contributed by atoms with van der Waals surface area (Å²) >= 11 is 0. The van der Waals surface area contributed by atoms with E-state index in [0.29, 0.717) is 39.3 Å². The number of hydrogen-bond donors (Lipinski definition) is 1. The van der Waals surface area contributed by atoms with Crippen LogP contribution < -0.4 is 0 Å². The van der Waals surface area contributed by atoms with Crippen LogP contribution in [0.4, 0.5) is 0 Å². The zero-order chi connectivity index (χ0) is 59.2. The summed E-state index contributed by atoms with van der Waals surface area (Å²) in [7, 11) is 0. The van der Waals surface area contributed by atoms with Gasteiger partial charge in [-0.3, -0.25) is 9.55 Å². The molecule has 0 unspecified atom stereocenters. The van der Waals surface area contributed by atoms with Crippen molar-refractivity contribution in [1.82, 2.24) is 14.5 Å². The largest absolute Gasteiger partial charge is 0.507 e. The van der Waals surface area contributed by atoms with Crippen LogP contribution in [0.3, 0.4) is 0 Å². The van der Waals surface area contributed by atoms with Crippen LogP contribution in [0, 0.1) is 6.07 Å². The molecule has 0 aliphatic heterocycles. The monoisotopic (exact) mass is 1150 g/mol. The maximum atomic E-state index is 12.7. The Labute approximate surface area is 462 Å². The van der Waals surface area contributed by atoms with E-state index < -0.39 is 31.4 Å². The Hall–Kier alpha value is -6.35. The molecule has 0 fully saturated rings. The molecule has 4 nitrogen and oxygen atoms in total. The normalized spacial score (nSPS) is 14.9. The molecule has 1 N–H and O–H groups in total. The summed E-state index contributed by atoms with van der Waals surface area (Å²) in [5.41, 5.74) is 10.9. The maximum Gasteiger partial charge on any atom is 0.148 e. The van der Waals surface area contributed by atoms with Crippen molar-refractivity contribution in [1.29, 1.82) is 0 Å². The number of nitrogens with zero attached hydrogens (tertiary/aromatic N) is 3. The van der Waals surface area contributed by atoms with E-state index in [0.717, 1.165) is 55.7 Å². The number of benzene rings is 7. The van der Waals surface area contributed by atoms with Crippen LogP contribution in [0.2, 0.25) is 0 Å². The van der Waals surface area contributed by atoms with Gasteiger partial charge in [0.05, 0.1) is 22.3 Å². The summed E-state index contributed by atoms with van der Waals surface area (Å²) in [5.74, 6) is 0.749. The first-order chi connectivity index (χ1) is 37.5. The molecule has 0 saturated heterocycles. The molecular weight excluding hydrogens is 1070 g/mol. The summed E-state index contributed by atoms with van der Waals surface area (Å²) in [6.45, 7) is 16.1. The van der Waals surface area contributed by atoms with Gasteiger partial charge >= 0.3 is 0 Å². The molecule has 2 heterocycles. The Balaban J connectivity index is 0.00000880. The zero-order valence-electron chi connectivity index (χ0n) is 53.1. The molecule has 376 valence electrons. The average Bonchev–Trinajstić information content (AvgIpc) is 3.95. The Kier molecular flexibility index (Phi) is 11.2. The van der Waals surface area contributed by atoms with E-state index in [4.69, 9.17) is 22.3 Å². The summed E-state index contributed by atoms with van der Waals surface area (Å²) < 4.78 is 76.5. The number of rotatable bonds is 7. The maximum absolute atomic E-state index is 12.7. The number of para-hydroxylation sites is 1. The van der Waals surface area contributed by atoms with Crippen LogP contribution in [-0.2, 0) is 48.1 Å². The van der Waals surface area contributed by atoms with E-state index in [1.165, 1.54) is 23.3 Å². The molecule has 0 radical (unpaired) electrons. The van der Waals surface area contributed by atoms with E-state index in [1.54, 1.807) is 24.4 Å². The minimum atomic E-state index is -3.38. The van der Waals surface area contributed by atoms with Crippen molar-refractivity contribution in [2.24, 2.45) is 0 Å². The summed E-state index contributed by atoms with van der Waals surface area (Å²) in [6.07, 6.45) is 1.66. The van der Waals surface area contributed by atoms with Crippen LogP contribution in [0.15, 0.2) is 158 Å². The molecule has 0 aliphatic rings. The van der Waals surface area contributed by atoms with Crippen molar-refractivity contribution in [3.63, 3.8) is 0 Å². The topological polar surface area (TPSA) is 50.9 Å². The summed E-state index contributed by atoms with van der Waals surface area (Å²) in [4.78, 5) is 10.5. The second kappa shape index (κ2) is 19.5. The molecule has 0 amide bonds. The van der Waals surface area contributed by atoms with Crippen molar-refractivity contribution >= 4 is 11.0 Å². The van der Waals surface area contributed by atoms with Crippen molar-refractivity contribution in [2.75, 3.05) is 0 Å². The molecule has 7 aromatic carbocycles. The minimum Gasteiger partial charge on any atom is -0.507 e. The third-order valence-electron chi connectivity index (χ3n) is 13.8. The van der Waals surface area contributed by atoms with E-state index in [1.807, 2.05) is 48.5 Å². The van der Waals surface area contributed by atoms with E-state index in [9.17, 15) is 5.11 Å². The number of pyridine rings is 1. The quantitative estimate of drug-likeness (QED) is 0.162. The predicted octanol–water partition coefficient (Wildman–Crippen LogP) is 18.4. The number of imidazole rings is 1. The summed E-state index contributed by atoms with van der Waals surface area (Å²) in [5, 5.41) is 12.7. The van der Waals surface area contributed by atoms with Gasteiger partial charge in [0.1, 0.15) is 11.6 Å². The molecule has 9 rings (SSSR count). The van der Waals surface area contributed by atoms with Crippen LogP contribution in [0.5, 0.6) is 5.75 Å². The van der Waals surface area contributed by atoms with Crippen LogP contribution >= 0.6 is 0 Å². The van der Waals surface area contributed by atoms with E-state index >= 15 is 0 Å². The molecule has 0 saturated carbocycles. The Morgan fingerprint density at radius 2 is 1.04 bits per heavy atom. The number of hydrogen-bond acceptors (Lipinski definition) is 3. The van der Waals surface area contributed by atoms with Gasteiger partial charge in [0, 0.05) is 56.4 Å². The van der Waals surface area contributed by atoms with Gasteiger partial charge < -0.3 is 5.11 Å². The number of aromatic nitrogens is 3. The van der Waals surface area contributed by atoms with Gasteiger partial charge in [0.2, 0.25) is 0 Å². The van der Waals surface area contributed by atoms with Gasteiger partial charge in [-0.25, -0.2) is 4.98 Å². The van der Waals surface area contributed by atoms with Gasteiger partial charge in [-0.1, -0.05) is 230 Å². The number of phenols is 1. The van der Waals surface area contributed by atoms with Gasteiger partial charge in [-0.15, -0.1) is 23.8 Å². The SMILES string of the molecule is [2H]C([2H])([2H])C(c1ccc(-c2ccnc(-c3[c-]c(-c4cccc5c4nc(-c4cc(C(C)(C)C)cc(C(C)(C)C)c4O)n5-c4ccc(C(C)(C)C)cc4-c4ccc(C(C)(C)C)cc4)cc(-c4ccccc4)c3)c2)cc1)(C([2H])([2H])[2H])C([2H])([2H])[2H].[Pt]. The molecule has 0 spiro atoms. The molecule has 0 bridgehead atoms. The van der Waals surface area contributed by atoms with Crippen LogP contribution in [0.25, 0.3) is 83.9 Å². The fraction of sp³-hybridized carbons (Fsp3) is 0.294. The Morgan fingerprint density at radius 3 is 1.66 bits per heavy atom. The van der Waals surface area contributed by atoms with Crippen molar-refractivity contribution < 1.29 is 38.5 Å². The second-order valence-electron chi connectivity index (χ2n) is 23.5. The standard InChI is InChI=1S/C68H72N3O.Pt/c1-64(2,3)50-28-24-44(25-29-50)46-34-35-69-58(39-46)49-37-47(43-20-17-16-18-21-43)36-48(38-49)54-22-19-23-60-61(54)70-63(56-41-53(67(10,11)12)42-57(62(56)72)68(13,14)15)71(60)59-33-32-52(66(7,8)9)40-55(59)45-26-30-51(31-27-45)65(4,5)6;/h16-37,39-42,72H,1-15H3;/q-1;/i1D3,2D3,3D3;. The fourth-order valence-corrected chi connectivity index (χ4v) is 9.45. The third-order valence-corrected chi connectivity index (χ3v) is 13.8. The smallest absolute Gasteiger partial charge is 0.148 e. The molecule has 5 heteroatoms. The Bertz CT molecular complexity index is 3770. The minimum absolute atomic E-state index is 0. The first-order valence-electron chi connectivity index (χ1n) is 29.4. The van der Waals surface area contributed by atoms with Crippen LogP contribution in [0.1, 0.15) is 144 Å². The molecule has 73 heavy (non-hydrogen) atoms. The number of phenolic OH excluding ortho intramolecular Hbond substituents is 1. The first kappa shape index (κ1) is 42.1. The zero-order valence-corrected chi connectivity index (χ0v) is 46.4. The molecule has 2 aromatic heterocycles. The molecule has 0 aliphatic carbocycles. The second-order valence-corrected chi connectivity index (χ2v) is 23.5. The van der Waals surface area contributed by atoms with Gasteiger partial charge in [0.25, 0.3) is 0 Å². The van der Waals surface area contributed by atoms with E-state index in [-0.39, 0.29) is 48.6 Å². The Morgan fingerprint density at radius 1 is 0.466 bits per heavy atom. The predicted molar refractivity (Wildman–Crippen MR) is 305 cm³/mol. The average molecular weight is 1150 g/mol. The first-order valence-corrected chi connectivity index (χ1v) is 24.9. The third kappa shape index (κ3) is 10.8. The van der Waals surface area contributed by atoms with Crippen LogP contribution in [-0.4, -0.2) is 19.6 Å². The summed E-state index contributed by atoms with van der Waals surface area (Å²) in [6, 6.07) is 53.3. The number of fused-ring (bicyclic) bond motifs is 1. The van der Waals surface area contributed by atoms with Crippen molar-refractivity contribution in [3.05, 3.63) is 192 Å². The number of aromatic hydroxyl groups is 1. The van der Waals surface area contributed by atoms with Gasteiger partial charge in [0.15, 0.2) is 0 Å². The fourth-order valence-electron chi connectivity index (χ4n) is 9.45.